The molecule has 168 valence electrons. The molecule has 0 aromatic rings. The number of aliphatic hydroxyl groups excluding tert-OH is 7. The zero-order chi connectivity index (χ0) is 21.8. The molecule has 0 aromatic heterocycles. The molecule has 0 bridgehead atoms. The van der Waals surface area contributed by atoms with Gasteiger partial charge < -0.3 is 54.7 Å². The number of rotatable bonds is 10. The summed E-state index contributed by atoms with van der Waals surface area (Å²) in [5.41, 5.74) is 0. The molecule has 7 N–H and O–H groups in total. The van der Waals surface area contributed by atoms with Crippen LogP contribution in [0.25, 0.3) is 0 Å². The van der Waals surface area contributed by atoms with E-state index in [-0.39, 0.29) is 13.0 Å². The zero-order valence-corrected chi connectivity index (χ0v) is 15.9. The first-order valence-electron chi connectivity index (χ1n) is 9.23. The van der Waals surface area contributed by atoms with E-state index in [0.717, 1.165) is 0 Å². The van der Waals surface area contributed by atoms with Gasteiger partial charge in [-0.2, -0.15) is 0 Å². The number of hydrogen-bond donors (Lipinski definition) is 7. The normalized spacial score (nSPS) is 43.8. The molecule has 0 aliphatic carbocycles. The van der Waals surface area contributed by atoms with Gasteiger partial charge in [0.15, 0.2) is 6.29 Å². The van der Waals surface area contributed by atoms with E-state index in [0.29, 0.717) is 0 Å². The maximum Gasteiger partial charge on any atom is 0.227 e. The third-order valence-corrected chi connectivity index (χ3v) is 5.03. The van der Waals surface area contributed by atoms with Crippen molar-refractivity contribution in [3.8, 4) is 0 Å². The molecule has 0 amide bonds. The van der Waals surface area contributed by atoms with Gasteiger partial charge in [-0.3, -0.25) is 0 Å². The SMILES string of the molecule is C=CCOC(CC=C)[C@@]1(O[C@H]2O[C@H](CO)[C@@H](O)[C@H](O)[C@H]2O)O[C@H](CO)[C@@H](O)[C@@H]1O. The minimum atomic E-state index is -2.14. The van der Waals surface area contributed by atoms with E-state index >= 15 is 0 Å². The Kier molecular flexibility index (Phi) is 8.70. The minimum absolute atomic E-state index is 0.00820. The van der Waals surface area contributed by atoms with Gasteiger partial charge in [-0.1, -0.05) is 12.2 Å². The first-order valence-corrected chi connectivity index (χ1v) is 9.23. The van der Waals surface area contributed by atoms with Crippen molar-refractivity contribution in [2.24, 2.45) is 0 Å². The molecule has 0 aromatic carbocycles. The third-order valence-electron chi connectivity index (χ3n) is 5.03. The fourth-order valence-corrected chi connectivity index (χ4v) is 3.43. The third kappa shape index (κ3) is 4.70. The first kappa shape index (κ1) is 24.3. The van der Waals surface area contributed by atoms with Gasteiger partial charge >= 0.3 is 0 Å². The Hall–Kier alpha value is -0.960. The summed E-state index contributed by atoms with van der Waals surface area (Å²) in [7, 11) is 0. The van der Waals surface area contributed by atoms with Crippen LogP contribution in [-0.2, 0) is 18.9 Å². The molecule has 0 spiro atoms. The lowest BCUT2D eigenvalue weighted by molar-refractivity contribution is -0.397. The summed E-state index contributed by atoms with van der Waals surface area (Å²) in [4.78, 5) is 0. The van der Waals surface area contributed by atoms with E-state index in [9.17, 15) is 35.7 Å². The van der Waals surface area contributed by atoms with Gasteiger partial charge in [0.05, 0.1) is 19.8 Å². The quantitative estimate of drug-likeness (QED) is 0.176. The molecule has 2 rings (SSSR count). The summed E-state index contributed by atoms with van der Waals surface area (Å²) in [5, 5.41) is 70.0. The Morgan fingerprint density at radius 3 is 2.07 bits per heavy atom. The minimum Gasteiger partial charge on any atom is -0.394 e. The molecule has 11 nitrogen and oxygen atoms in total. The second kappa shape index (κ2) is 10.4. The van der Waals surface area contributed by atoms with Crippen LogP contribution in [0.15, 0.2) is 25.3 Å². The van der Waals surface area contributed by atoms with Gasteiger partial charge in [0.25, 0.3) is 0 Å². The maximum atomic E-state index is 10.7. The van der Waals surface area contributed by atoms with Gasteiger partial charge in [0, 0.05) is 0 Å². The molecule has 2 fully saturated rings. The highest BCUT2D eigenvalue weighted by molar-refractivity contribution is 5.04. The van der Waals surface area contributed by atoms with Crippen molar-refractivity contribution in [3.63, 3.8) is 0 Å². The Labute approximate surface area is 168 Å². The maximum absolute atomic E-state index is 10.7. The molecular formula is C18H30O11. The highest BCUT2D eigenvalue weighted by Crippen LogP contribution is 2.40. The smallest absolute Gasteiger partial charge is 0.227 e. The van der Waals surface area contributed by atoms with E-state index in [1.165, 1.54) is 12.2 Å². The van der Waals surface area contributed by atoms with Crippen molar-refractivity contribution in [2.45, 2.75) is 67.3 Å². The largest absolute Gasteiger partial charge is 0.394 e. The molecule has 2 aliphatic heterocycles. The molecule has 2 saturated heterocycles. The van der Waals surface area contributed by atoms with Gasteiger partial charge in [0.2, 0.25) is 5.79 Å². The monoisotopic (exact) mass is 422 g/mol. The first-order chi connectivity index (χ1) is 13.8. The lowest BCUT2D eigenvalue weighted by Gasteiger charge is -2.45. The molecule has 10 atom stereocenters. The second-order valence-electron chi connectivity index (χ2n) is 6.95. The Morgan fingerprint density at radius 2 is 1.55 bits per heavy atom. The molecule has 0 saturated carbocycles. The van der Waals surface area contributed by atoms with Crippen molar-refractivity contribution in [1.82, 2.24) is 0 Å². The fourth-order valence-electron chi connectivity index (χ4n) is 3.43. The summed E-state index contributed by atoms with van der Waals surface area (Å²) < 4.78 is 22.3. The van der Waals surface area contributed by atoms with E-state index in [4.69, 9.17) is 18.9 Å². The van der Waals surface area contributed by atoms with Gasteiger partial charge in [-0.05, 0) is 6.42 Å². The van der Waals surface area contributed by atoms with Gasteiger partial charge in [-0.25, -0.2) is 0 Å². The summed E-state index contributed by atoms with van der Waals surface area (Å²) in [6, 6.07) is 0. The van der Waals surface area contributed by atoms with Crippen LogP contribution >= 0.6 is 0 Å². The lowest BCUT2D eigenvalue weighted by atomic mass is 9.96. The summed E-state index contributed by atoms with van der Waals surface area (Å²) in [6.07, 6.45) is -10.8. The molecule has 2 heterocycles. The topological polar surface area (TPSA) is 179 Å². The molecule has 1 unspecified atom stereocenters. The predicted molar refractivity (Wildman–Crippen MR) is 96.3 cm³/mol. The molecule has 2 aliphatic rings. The van der Waals surface area contributed by atoms with Crippen molar-refractivity contribution in [2.75, 3.05) is 19.8 Å². The average molecular weight is 422 g/mol. The van der Waals surface area contributed by atoms with E-state index < -0.39 is 74.1 Å². The fraction of sp³-hybridized carbons (Fsp3) is 0.778. The van der Waals surface area contributed by atoms with Crippen molar-refractivity contribution in [3.05, 3.63) is 25.3 Å². The molecule has 11 heteroatoms. The predicted octanol–water partition coefficient (Wildman–Crippen LogP) is -3.24. The lowest BCUT2D eigenvalue weighted by Crippen LogP contribution is -2.64. The van der Waals surface area contributed by atoms with Gasteiger partial charge in [0.1, 0.15) is 48.8 Å². The molecular weight excluding hydrogens is 392 g/mol. The summed E-state index contributed by atoms with van der Waals surface area (Å²) in [5.74, 6) is -2.14. The Bertz CT molecular complexity index is 544. The van der Waals surface area contributed by atoms with Gasteiger partial charge in [-0.15, -0.1) is 13.2 Å². The van der Waals surface area contributed by atoms with Crippen molar-refractivity contribution < 1.29 is 54.7 Å². The van der Waals surface area contributed by atoms with E-state index in [1.54, 1.807) is 0 Å². The van der Waals surface area contributed by atoms with Crippen LogP contribution in [0, 0.1) is 0 Å². The van der Waals surface area contributed by atoms with Crippen molar-refractivity contribution >= 4 is 0 Å². The highest BCUT2D eigenvalue weighted by Gasteiger charge is 2.62. The van der Waals surface area contributed by atoms with E-state index in [1.807, 2.05) is 0 Å². The molecule has 0 radical (unpaired) electrons. The number of hydrogen-bond acceptors (Lipinski definition) is 11. The second-order valence-corrected chi connectivity index (χ2v) is 6.95. The Balaban J connectivity index is 2.39. The van der Waals surface area contributed by atoms with Crippen LogP contribution in [0.1, 0.15) is 6.42 Å². The summed E-state index contributed by atoms with van der Waals surface area (Å²) in [6.45, 7) is 5.81. The van der Waals surface area contributed by atoms with Crippen molar-refractivity contribution in [1.29, 1.82) is 0 Å². The standard InChI is InChI=1S/C18H30O11/c1-3-5-11(26-6-4-2)18(16(25)13(22)10(8-20)28-18)29-17-15(24)14(23)12(21)9(7-19)27-17/h3-4,9-17,19-25H,1-2,5-8H2/t9-,10-,11?,12-,13-,14+,15-,16+,17-,18+/m1/s1. The van der Waals surface area contributed by atoms with Crippen LogP contribution in [0.5, 0.6) is 0 Å². The molecule has 29 heavy (non-hydrogen) atoms. The van der Waals surface area contributed by atoms with Crippen LogP contribution in [0.3, 0.4) is 0 Å². The van der Waals surface area contributed by atoms with Crippen LogP contribution in [-0.4, -0.2) is 116 Å². The summed E-state index contributed by atoms with van der Waals surface area (Å²) >= 11 is 0. The highest BCUT2D eigenvalue weighted by atomic mass is 16.8. The van der Waals surface area contributed by atoms with E-state index in [2.05, 4.69) is 13.2 Å². The van der Waals surface area contributed by atoms with Crippen LogP contribution in [0.4, 0.5) is 0 Å². The number of aliphatic hydroxyl groups is 7. The average Bonchev–Trinajstić information content (AvgIpc) is 2.96. The van der Waals surface area contributed by atoms with Crippen LogP contribution in [0.2, 0.25) is 0 Å². The van der Waals surface area contributed by atoms with Crippen LogP contribution < -0.4 is 0 Å². The Morgan fingerprint density at radius 1 is 0.897 bits per heavy atom. The number of ether oxygens (including phenoxy) is 4. The zero-order valence-electron chi connectivity index (χ0n) is 15.9.